The molecule has 0 bridgehead atoms. The molecule has 1 N–H and O–H groups in total. The number of oxazole rings is 1. The molecule has 3 aromatic rings. The molecular formula is C26H29N3O3. The number of benzene rings is 2. The largest absolute Gasteiger partial charge is 0.436 e. The molecule has 32 heavy (non-hydrogen) atoms. The highest BCUT2D eigenvalue weighted by Gasteiger charge is 2.37. The molecular weight excluding hydrogens is 402 g/mol. The predicted molar refractivity (Wildman–Crippen MR) is 123 cm³/mol. The van der Waals surface area contributed by atoms with E-state index in [0.717, 1.165) is 42.5 Å². The van der Waals surface area contributed by atoms with Crippen molar-refractivity contribution in [2.24, 2.45) is 11.8 Å². The summed E-state index contributed by atoms with van der Waals surface area (Å²) in [6.07, 6.45) is 4.87. The molecule has 5 rings (SSSR count). The number of para-hydroxylation sites is 2. The maximum atomic E-state index is 13.5. The number of fused-ring (bicyclic) bond motifs is 1. The number of nitrogens with one attached hydrogen (secondary N) is 1. The zero-order valence-electron chi connectivity index (χ0n) is 18.4. The van der Waals surface area contributed by atoms with Gasteiger partial charge in [0.2, 0.25) is 11.8 Å². The first-order valence-electron chi connectivity index (χ1n) is 11.7. The third-order valence-corrected chi connectivity index (χ3v) is 6.65. The van der Waals surface area contributed by atoms with Crippen LogP contribution in [0.5, 0.6) is 0 Å². The molecule has 6 nitrogen and oxygen atoms in total. The Balaban J connectivity index is 1.33. The van der Waals surface area contributed by atoms with Crippen LogP contribution >= 0.6 is 0 Å². The molecule has 2 amide bonds. The molecule has 2 aliphatic rings. The molecule has 0 radical (unpaired) electrons. The van der Waals surface area contributed by atoms with Crippen molar-refractivity contribution in [3.05, 3.63) is 54.1 Å². The van der Waals surface area contributed by atoms with Crippen LogP contribution in [0.15, 0.2) is 52.9 Å². The van der Waals surface area contributed by atoms with Gasteiger partial charge in [-0.15, -0.1) is 0 Å². The van der Waals surface area contributed by atoms with E-state index in [1.807, 2.05) is 60.4 Å². The van der Waals surface area contributed by atoms with Crippen molar-refractivity contribution in [3.63, 3.8) is 0 Å². The number of amides is 2. The molecule has 2 aliphatic carbocycles. The van der Waals surface area contributed by atoms with Gasteiger partial charge in [-0.05, 0) is 81.3 Å². The van der Waals surface area contributed by atoms with Gasteiger partial charge in [0.15, 0.2) is 5.58 Å². The van der Waals surface area contributed by atoms with Crippen molar-refractivity contribution in [3.8, 4) is 11.5 Å². The number of hydrogen-bond acceptors (Lipinski definition) is 4. The summed E-state index contributed by atoms with van der Waals surface area (Å²) in [7, 11) is 0. The number of carbonyl (C=O) groups excluding carboxylic acids is 2. The lowest BCUT2D eigenvalue weighted by molar-refractivity contribution is -0.124. The highest BCUT2D eigenvalue weighted by molar-refractivity contribution is 5.95. The summed E-state index contributed by atoms with van der Waals surface area (Å²) in [5.74, 6) is 1.34. The van der Waals surface area contributed by atoms with Crippen molar-refractivity contribution in [1.82, 2.24) is 15.2 Å². The Morgan fingerprint density at radius 2 is 1.84 bits per heavy atom. The summed E-state index contributed by atoms with van der Waals surface area (Å²) in [5.41, 5.74) is 3.10. The van der Waals surface area contributed by atoms with Crippen LogP contribution in [0.3, 0.4) is 0 Å². The summed E-state index contributed by atoms with van der Waals surface area (Å²) < 4.78 is 5.85. The zero-order valence-corrected chi connectivity index (χ0v) is 18.4. The summed E-state index contributed by atoms with van der Waals surface area (Å²) in [6.45, 7) is 3.38. The van der Waals surface area contributed by atoms with Crippen molar-refractivity contribution in [1.29, 1.82) is 0 Å². The number of rotatable bonds is 7. The lowest BCUT2D eigenvalue weighted by atomic mass is 10.1. The molecule has 0 spiro atoms. The molecule has 2 saturated carbocycles. The fraction of sp³-hybridized carbons (Fsp3) is 0.423. The van der Waals surface area contributed by atoms with Gasteiger partial charge in [0.25, 0.3) is 5.91 Å². The first-order valence-corrected chi connectivity index (χ1v) is 11.7. The lowest BCUT2D eigenvalue weighted by Crippen LogP contribution is -2.41. The van der Waals surface area contributed by atoms with Crippen LogP contribution in [0.1, 0.15) is 49.4 Å². The van der Waals surface area contributed by atoms with Crippen LogP contribution in [0.4, 0.5) is 0 Å². The Bertz CT molecular complexity index is 1080. The van der Waals surface area contributed by atoms with E-state index in [1.54, 1.807) is 0 Å². The van der Waals surface area contributed by atoms with Crippen LogP contribution in [0.25, 0.3) is 22.6 Å². The number of aromatic nitrogens is 1. The molecule has 2 atom stereocenters. The van der Waals surface area contributed by atoms with E-state index in [9.17, 15) is 9.59 Å². The Morgan fingerprint density at radius 1 is 1.06 bits per heavy atom. The second-order valence-electron chi connectivity index (χ2n) is 9.02. The monoisotopic (exact) mass is 431 g/mol. The molecule has 166 valence electrons. The minimum atomic E-state index is 0.0102. The molecule has 0 saturated heterocycles. The van der Waals surface area contributed by atoms with E-state index >= 15 is 0 Å². The molecule has 1 aromatic heterocycles. The van der Waals surface area contributed by atoms with Gasteiger partial charge in [-0.25, -0.2) is 4.98 Å². The Hall–Kier alpha value is -3.15. The predicted octanol–water partition coefficient (Wildman–Crippen LogP) is 4.65. The third kappa shape index (κ3) is 4.27. The van der Waals surface area contributed by atoms with E-state index in [4.69, 9.17) is 4.42 Å². The Morgan fingerprint density at radius 3 is 2.56 bits per heavy atom. The SMILES string of the molecule is CCNC(=O)C1CCC(N(CC2CC2)C(=O)c2ccc(-c3nc4ccccc4o3)cc2)C1. The van der Waals surface area contributed by atoms with Gasteiger partial charge >= 0.3 is 0 Å². The minimum Gasteiger partial charge on any atom is -0.436 e. The van der Waals surface area contributed by atoms with Gasteiger partial charge in [-0.1, -0.05) is 12.1 Å². The van der Waals surface area contributed by atoms with E-state index in [0.29, 0.717) is 23.9 Å². The van der Waals surface area contributed by atoms with E-state index in [-0.39, 0.29) is 23.8 Å². The molecule has 0 aliphatic heterocycles. The van der Waals surface area contributed by atoms with Crippen LogP contribution < -0.4 is 5.32 Å². The van der Waals surface area contributed by atoms with Crippen molar-refractivity contribution in [2.75, 3.05) is 13.1 Å². The Labute approximate surface area is 188 Å². The minimum absolute atomic E-state index is 0.0102. The summed E-state index contributed by atoms with van der Waals surface area (Å²) >= 11 is 0. The maximum Gasteiger partial charge on any atom is 0.254 e. The quantitative estimate of drug-likeness (QED) is 0.591. The van der Waals surface area contributed by atoms with Crippen LogP contribution in [-0.4, -0.2) is 40.8 Å². The second kappa shape index (κ2) is 8.77. The fourth-order valence-electron chi connectivity index (χ4n) is 4.69. The summed E-state index contributed by atoms with van der Waals surface area (Å²) in [6, 6.07) is 15.3. The van der Waals surface area contributed by atoms with Crippen molar-refractivity contribution in [2.45, 2.75) is 45.1 Å². The molecule has 2 unspecified atom stereocenters. The number of nitrogens with zero attached hydrogens (tertiary/aromatic N) is 2. The van der Waals surface area contributed by atoms with Crippen LogP contribution in [-0.2, 0) is 4.79 Å². The maximum absolute atomic E-state index is 13.5. The number of hydrogen-bond donors (Lipinski definition) is 1. The highest BCUT2D eigenvalue weighted by Crippen LogP contribution is 2.36. The van der Waals surface area contributed by atoms with Crippen LogP contribution in [0, 0.1) is 11.8 Å². The van der Waals surface area contributed by atoms with E-state index in [2.05, 4.69) is 10.3 Å². The van der Waals surface area contributed by atoms with Crippen LogP contribution in [0.2, 0.25) is 0 Å². The topological polar surface area (TPSA) is 75.4 Å². The molecule has 2 fully saturated rings. The van der Waals surface area contributed by atoms with E-state index < -0.39 is 0 Å². The third-order valence-electron chi connectivity index (χ3n) is 6.65. The first-order chi connectivity index (χ1) is 15.6. The summed E-state index contributed by atoms with van der Waals surface area (Å²) in [5, 5.41) is 2.94. The molecule has 2 aromatic carbocycles. The average Bonchev–Trinajstić information content (AvgIpc) is 3.33. The number of carbonyl (C=O) groups is 2. The Kier molecular flexibility index (Phi) is 5.68. The first kappa shape index (κ1) is 20.7. The standard InChI is InChI=1S/C26H29N3O3/c1-2-27-24(30)20-13-14-21(15-20)29(16-17-7-8-17)26(31)19-11-9-18(10-12-19)25-28-22-5-3-4-6-23(22)32-25/h3-6,9-12,17,20-21H,2,7-8,13-16H2,1H3,(H,27,30). The summed E-state index contributed by atoms with van der Waals surface area (Å²) in [4.78, 5) is 32.3. The van der Waals surface area contributed by atoms with Gasteiger partial charge < -0.3 is 14.6 Å². The van der Waals surface area contributed by atoms with Gasteiger partial charge in [-0.2, -0.15) is 0 Å². The normalized spacial score (nSPS) is 20.4. The van der Waals surface area contributed by atoms with Gasteiger partial charge in [0.05, 0.1) is 0 Å². The second-order valence-corrected chi connectivity index (χ2v) is 9.02. The van der Waals surface area contributed by atoms with Crippen molar-refractivity contribution >= 4 is 22.9 Å². The lowest BCUT2D eigenvalue weighted by Gasteiger charge is -2.29. The zero-order chi connectivity index (χ0) is 22.1. The molecule has 6 heteroatoms. The van der Waals surface area contributed by atoms with Gasteiger partial charge in [0.1, 0.15) is 5.52 Å². The van der Waals surface area contributed by atoms with E-state index in [1.165, 1.54) is 12.8 Å². The smallest absolute Gasteiger partial charge is 0.254 e. The average molecular weight is 432 g/mol. The van der Waals surface area contributed by atoms with Crippen molar-refractivity contribution < 1.29 is 14.0 Å². The van der Waals surface area contributed by atoms with Gasteiger partial charge in [0, 0.05) is 36.2 Å². The molecule has 1 heterocycles. The van der Waals surface area contributed by atoms with Gasteiger partial charge in [-0.3, -0.25) is 9.59 Å². The fourth-order valence-corrected chi connectivity index (χ4v) is 4.69. The highest BCUT2D eigenvalue weighted by atomic mass is 16.3.